The summed E-state index contributed by atoms with van der Waals surface area (Å²) in [6.45, 7) is 4.01. The van der Waals surface area contributed by atoms with Gasteiger partial charge in [-0.25, -0.2) is 13.2 Å². The van der Waals surface area contributed by atoms with Crippen molar-refractivity contribution in [1.29, 1.82) is 0 Å². The molecule has 1 nitrogen and oxygen atoms in total. The van der Waals surface area contributed by atoms with Crippen LogP contribution in [0.15, 0.2) is 60.7 Å². The number of benzene rings is 3. The van der Waals surface area contributed by atoms with Gasteiger partial charge in [-0.05, 0) is 72.9 Å². The van der Waals surface area contributed by atoms with Crippen LogP contribution in [0.25, 0.3) is 11.7 Å². The molecule has 0 aliphatic rings. The van der Waals surface area contributed by atoms with Gasteiger partial charge in [0, 0.05) is 22.3 Å². The number of unbranched alkanes of at least 4 members (excludes halogenated alkanes) is 2. The van der Waals surface area contributed by atoms with Gasteiger partial charge < -0.3 is 4.74 Å². The molecule has 37 heavy (non-hydrogen) atoms. The molecule has 3 aromatic carbocycles. The molecule has 0 heterocycles. The molecule has 0 saturated carbocycles. The summed E-state index contributed by atoms with van der Waals surface area (Å²) in [5.74, 6) is 0.895. The predicted octanol–water partition coefficient (Wildman–Crippen LogP) is 9.18. The van der Waals surface area contributed by atoms with Crippen LogP contribution in [-0.2, 0) is 12.8 Å². The van der Waals surface area contributed by atoms with Gasteiger partial charge in [0.1, 0.15) is 0 Å². The maximum absolute atomic E-state index is 14.9. The molecule has 0 atom stereocenters. The van der Waals surface area contributed by atoms with Gasteiger partial charge in [-0.3, -0.25) is 0 Å². The van der Waals surface area contributed by atoms with E-state index in [1.54, 1.807) is 6.07 Å². The van der Waals surface area contributed by atoms with E-state index >= 15 is 0 Å². The Labute approximate surface area is 212 Å². The van der Waals surface area contributed by atoms with E-state index in [4.69, 9.17) is 0 Å². The van der Waals surface area contributed by atoms with Crippen molar-refractivity contribution in [2.75, 3.05) is 0 Å². The SMILES string of the molecule is CCCCCc1ccc(C#Cc2ccc(/C(F)=C(\F)c3ccc(OC(F)(F)F)c(F)c3)cc2CC)cc1. The lowest BCUT2D eigenvalue weighted by Crippen LogP contribution is -2.17. The van der Waals surface area contributed by atoms with Gasteiger partial charge in [-0.1, -0.05) is 56.7 Å². The molecule has 194 valence electrons. The van der Waals surface area contributed by atoms with Crippen LogP contribution < -0.4 is 4.74 Å². The number of halogens is 6. The van der Waals surface area contributed by atoms with Crippen molar-refractivity contribution in [3.8, 4) is 17.6 Å². The fraction of sp³-hybridized carbons (Fsp3) is 0.267. The quantitative estimate of drug-likeness (QED) is 0.126. The highest BCUT2D eigenvalue weighted by atomic mass is 19.4. The van der Waals surface area contributed by atoms with Crippen LogP contribution >= 0.6 is 0 Å². The third kappa shape index (κ3) is 7.91. The zero-order valence-electron chi connectivity index (χ0n) is 20.5. The average Bonchev–Trinajstić information content (AvgIpc) is 2.88. The van der Waals surface area contributed by atoms with Gasteiger partial charge >= 0.3 is 6.36 Å². The van der Waals surface area contributed by atoms with E-state index in [-0.39, 0.29) is 5.56 Å². The van der Waals surface area contributed by atoms with Gasteiger partial charge in [0.2, 0.25) is 0 Å². The van der Waals surface area contributed by atoms with E-state index in [9.17, 15) is 26.3 Å². The first-order valence-electron chi connectivity index (χ1n) is 12.0. The third-order valence-electron chi connectivity index (χ3n) is 5.71. The highest BCUT2D eigenvalue weighted by Gasteiger charge is 2.32. The maximum Gasteiger partial charge on any atom is 0.573 e. The van der Waals surface area contributed by atoms with Crippen LogP contribution in [-0.4, -0.2) is 6.36 Å². The Balaban J connectivity index is 1.81. The average molecular weight is 517 g/mol. The Hall–Kier alpha value is -3.66. The van der Waals surface area contributed by atoms with Crippen molar-refractivity contribution < 1.29 is 31.1 Å². The lowest BCUT2D eigenvalue weighted by Gasteiger charge is -2.10. The van der Waals surface area contributed by atoms with Crippen molar-refractivity contribution in [3.63, 3.8) is 0 Å². The second-order valence-corrected chi connectivity index (χ2v) is 8.45. The van der Waals surface area contributed by atoms with E-state index < -0.39 is 35.1 Å². The summed E-state index contributed by atoms with van der Waals surface area (Å²) < 4.78 is 84.0. The molecule has 0 bridgehead atoms. The zero-order valence-corrected chi connectivity index (χ0v) is 20.5. The Morgan fingerprint density at radius 3 is 2.05 bits per heavy atom. The molecule has 0 unspecified atom stereocenters. The number of alkyl halides is 3. The van der Waals surface area contributed by atoms with Crippen LogP contribution in [0.5, 0.6) is 5.75 Å². The van der Waals surface area contributed by atoms with Crippen molar-refractivity contribution >= 4 is 11.7 Å². The van der Waals surface area contributed by atoms with Crippen LogP contribution in [0.1, 0.15) is 66.5 Å². The van der Waals surface area contributed by atoms with Gasteiger partial charge in [0.15, 0.2) is 23.2 Å². The van der Waals surface area contributed by atoms with Crippen LogP contribution in [0.4, 0.5) is 26.3 Å². The number of ether oxygens (including phenoxy) is 1. The molecule has 0 fully saturated rings. The summed E-state index contributed by atoms with van der Waals surface area (Å²) >= 11 is 0. The van der Waals surface area contributed by atoms with Crippen molar-refractivity contribution in [2.45, 2.75) is 52.3 Å². The Morgan fingerprint density at radius 2 is 1.46 bits per heavy atom. The van der Waals surface area contributed by atoms with E-state index in [0.717, 1.165) is 24.5 Å². The minimum atomic E-state index is -5.11. The summed E-state index contributed by atoms with van der Waals surface area (Å²) in [5, 5.41) is 0. The summed E-state index contributed by atoms with van der Waals surface area (Å²) in [4.78, 5) is 0. The number of hydrogen-bond acceptors (Lipinski definition) is 1. The summed E-state index contributed by atoms with van der Waals surface area (Å²) in [7, 11) is 0. The Kier molecular flexibility index (Phi) is 9.46. The second-order valence-electron chi connectivity index (χ2n) is 8.45. The van der Waals surface area contributed by atoms with Crippen LogP contribution in [0.3, 0.4) is 0 Å². The summed E-state index contributed by atoms with van der Waals surface area (Å²) in [6.07, 6.45) is -0.0804. The molecule has 3 aromatic rings. The van der Waals surface area contributed by atoms with E-state index in [2.05, 4.69) is 35.6 Å². The fourth-order valence-corrected chi connectivity index (χ4v) is 3.72. The molecule has 7 heteroatoms. The zero-order chi connectivity index (χ0) is 27.0. The minimum absolute atomic E-state index is 0.0904. The first kappa shape index (κ1) is 27.9. The number of hydrogen-bond donors (Lipinski definition) is 0. The summed E-state index contributed by atoms with van der Waals surface area (Å²) in [6, 6.07) is 14.3. The van der Waals surface area contributed by atoms with E-state index in [1.807, 2.05) is 19.1 Å². The van der Waals surface area contributed by atoms with Crippen LogP contribution in [0, 0.1) is 17.7 Å². The normalized spacial score (nSPS) is 12.0. The van der Waals surface area contributed by atoms with Gasteiger partial charge in [-0.2, -0.15) is 0 Å². The molecule has 0 aromatic heterocycles. The monoisotopic (exact) mass is 516 g/mol. The second kappa shape index (κ2) is 12.5. The maximum atomic E-state index is 14.9. The standard InChI is InChI=1S/C30H26F6O/c1-3-5-6-7-20-8-10-21(11-9-20)12-13-23-14-15-24(18-22(23)4-2)28(32)29(33)25-16-17-27(26(31)19-25)37-30(34,35)36/h8-11,14-19H,3-7H2,1-2H3/b29-28+. The fourth-order valence-electron chi connectivity index (χ4n) is 3.72. The number of aryl methyl sites for hydroxylation is 2. The first-order valence-corrected chi connectivity index (χ1v) is 12.0. The van der Waals surface area contributed by atoms with E-state index in [1.165, 1.54) is 30.5 Å². The number of rotatable bonds is 8. The molecule has 0 saturated heterocycles. The van der Waals surface area contributed by atoms with Crippen LogP contribution in [0.2, 0.25) is 0 Å². The van der Waals surface area contributed by atoms with Gasteiger partial charge in [-0.15, -0.1) is 13.2 Å². The molecular weight excluding hydrogens is 490 g/mol. The molecule has 0 spiro atoms. The van der Waals surface area contributed by atoms with E-state index in [0.29, 0.717) is 29.7 Å². The molecule has 3 rings (SSSR count). The Bertz CT molecular complexity index is 1310. The first-order chi connectivity index (χ1) is 17.6. The topological polar surface area (TPSA) is 9.23 Å². The van der Waals surface area contributed by atoms with Crippen molar-refractivity contribution in [2.24, 2.45) is 0 Å². The lowest BCUT2D eigenvalue weighted by atomic mass is 10.00. The predicted molar refractivity (Wildman–Crippen MR) is 134 cm³/mol. The molecular formula is C30H26F6O. The minimum Gasteiger partial charge on any atom is -0.403 e. The summed E-state index contributed by atoms with van der Waals surface area (Å²) in [5.41, 5.74) is 2.79. The molecule has 0 aliphatic carbocycles. The molecule has 0 N–H and O–H groups in total. The lowest BCUT2D eigenvalue weighted by molar-refractivity contribution is -0.275. The molecule has 0 aliphatic heterocycles. The smallest absolute Gasteiger partial charge is 0.403 e. The molecule has 0 amide bonds. The van der Waals surface area contributed by atoms with Crippen molar-refractivity contribution in [1.82, 2.24) is 0 Å². The van der Waals surface area contributed by atoms with Gasteiger partial charge in [0.25, 0.3) is 0 Å². The van der Waals surface area contributed by atoms with Gasteiger partial charge in [0.05, 0.1) is 0 Å². The molecule has 0 radical (unpaired) electrons. The Morgan fingerprint density at radius 1 is 0.811 bits per heavy atom. The van der Waals surface area contributed by atoms with Crippen molar-refractivity contribution in [3.05, 3.63) is 99.9 Å². The largest absolute Gasteiger partial charge is 0.573 e. The highest BCUT2D eigenvalue weighted by molar-refractivity contribution is 5.83. The third-order valence-corrected chi connectivity index (χ3v) is 5.71. The highest BCUT2D eigenvalue weighted by Crippen LogP contribution is 2.33.